The fraction of sp³-hybridized carbons (Fsp3) is 0.208. The fourth-order valence-corrected chi connectivity index (χ4v) is 3.46. The molecule has 7 nitrogen and oxygen atoms in total. The molecule has 0 saturated carbocycles. The third kappa shape index (κ3) is 4.63. The highest BCUT2D eigenvalue weighted by Gasteiger charge is 2.25. The average Bonchev–Trinajstić information content (AvgIpc) is 2.95. The molecule has 3 N–H and O–H groups in total. The number of fused-ring (bicyclic) bond motifs is 2. The summed E-state index contributed by atoms with van der Waals surface area (Å²) in [6.45, 7) is 1.39. The van der Waals surface area contributed by atoms with Crippen molar-refractivity contribution in [2.75, 3.05) is 32.6 Å². The largest absolute Gasteiger partial charge is 0.492 e. The molecule has 31 heavy (non-hydrogen) atoms. The Labute approximate surface area is 181 Å². The van der Waals surface area contributed by atoms with Crippen LogP contribution < -0.4 is 20.3 Å². The van der Waals surface area contributed by atoms with Gasteiger partial charge in [-0.05, 0) is 62.1 Å². The molecule has 1 heterocycles. The van der Waals surface area contributed by atoms with Crippen LogP contribution in [0.3, 0.4) is 0 Å². The van der Waals surface area contributed by atoms with Gasteiger partial charge >= 0.3 is 0 Å². The van der Waals surface area contributed by atoms with Gasteiger partial charge in [0.05, 0.1) is 11.7 Å². The number of carbonyl (C=O) groups is 1. The van der Waals surface area contributed by atoms with Crippen molar-refractivity contribution in [3.63, 3.8) is 0 Å². The molecule has 0 radical (unpaired) electrons. The third-order valence-electron chi connectivity index (χ3n) is 5.11. The van der Waals surface area contributed by atoms with Gasteiger partial charge in [-0.3, -0.25) is 10.0 Å². The number of hydrogen-bond donors (Lipinski definition) is 3. The van der Waals surface area contributed by atoms with Gasteiger partial charge in [-0.15, -0.1) is 0 Å². The van der Waals surface area contributed by atoms with Crippen LogP contribution in [0.25, 0.3) is 0 Å². The third-order valence-corrected chi connectivity index (χ3v) is 5.11. The number of carbonyl (C=O) groups excluding carboxylic acids is 1. The number of benzene rings is 3. The van der Waals surface area contributed by atoms with E-state index in [1.807, 2.05) is 68.7 Å². The van der Waals surface area contributed by atoms with Gasteiger partial charge in [-0.2, -0.15) is 0 Å². The van der Waals surface area contributed by atoms with Crippen LogP contribution in [0.15, 0.2) is 66.7 Å². The SMILES string of the molecule is CN(C)CCOc1ccc2c(c1)C(c1ccc(C(=O)NO)cc1)Nc1ccccc1O2. The second-order valence-corrected chi connectivity index (χ2v) is 7.59. The number of anilines is 1. The summed E-state index contributed by atoms with van der Waals surface area (Å²) in [6, 6.07) is 20.5. The number of rotatable bonds is 6. The van der Waals surface area contributed by atoms with E-state index in [0.29, 0.717) is 12.2 Å². The van der Waals surface area contributed by atoms with Gasteiger partial charge in [-0.25, -0.2) is 5.48 Å². The first-order valence-corrected chi connectivity index (χ1v) is 10.0. The predicted octanol–water partition coefficient (Wildman–Crippen LogP) is 4.05. The number of nitrogens with one attached hydrogen (secondary N) is 2. The number of amides is 1. The average molecular weight is 419 g/mol. The fourth-order valence-electron chi connectivity index (χ4n) is 3.46. The second-order valence-electron chi connectivity index (χ2n) is 7.59. The van der Waals surface area contributed by atoms with Crippen LogP contribution in [0.1, 0.15) is 27.5 Å². The number of nitrogens with zero attached hydrogens (tertiary/aromatic N) is 1. The van der Waals surface area contributed by atoms with E-state index in [-0.39, 0.29) is 6.04 Å². The molecule has 0 saturated heterocycles. The van der Waals surface area contributed by atoms with E-state index in [2.05, 4.69) is 10.2 Å². The summed E-state index contributed by atoms with van der Waals surface area (Å²) in [5.74, 6) is 1.69. The van der Waals surface area contributed by atoms with Crippen molar-refractivity contribution in [2.24, 2.45) is 0 Å². The molecule has 3 aromatic rings. The Morgan fingerprint density at radius 2 is 1.87 bits per heavy atom. The maximum atomic E-state index is 11.7. The second kappa shape index (κ2) is 9.07. The number of likely N-dealkylation sites (N-methyl/N-ethyl adjacent to an activating group) is 1. The van der Waals surface area contributed by atoms with Crippen molar-refractivity contribution in [2.45, 2.75) is 6.04 Å². The van der Waals surface area contributed by atoms with E-state index >= 15 is 0 Å². The Hall–Kier alpha value is -3.55. The molecule has 7 heteroatoms. The van der Waals surface area contributed by atoms with Crippen LogP contribution in [-0.4, -0.2) is 43.3 Å². The molecular weight excluding hydrogens is 394 g/mol. The van der Waals surface area contributed by atoms with Crippen LogP contribution >= 0.6 is 0 Å². The molecule has 1 atom stereocenters. The highest BCUT2D eigenvalue weighted by Crippen LogP contribution is 2.43. The molecule has 0 aliphatic carbocycles. The topological polar surface area (TPSA) is 83.1 Å². The first-order chi connectivity index (χ1) is 15.0. The van der Waals surface area contributed by atoms with Gasteiger partial charge in [0.25, 0.3) is 5.91 Å². The molecule has 0 aromatic heterocycles. The van der Waals surface area contributed by atoms with E-state index in [4.69, 9.17) is 14.7 Å². The van der Waals surface area contributed by atoms with E-state index in [9.17, 15) is 4.79 Å². The lowest BCUT2D eigenvalue weighted by Crippen LogP contribution is -2.19. The van der Waals surface area contributed by atoms with Crippen molar-refractivity contribution in [3.8, 4) is 17.2 Å². The Bertz CT molecular complexity index is 1070. The lowest BCUT2D eigenvalue weighted by Gasteiger charge is -2.21. The van der Waals surface area contributed by atoms with E-state index in [1.165, 1.54) is 0 Å². The Kier molecular flexibility index (Phi) is 6.06. The van der Waals surface area contributed by atoms with Gasteiger partial charge in [-0.1, -0.05) is 24.3 Å². The highest BCUT2D eigenvalue weighted by atomic mass is 16.5. The molecule has 1 unspecified atom stereocenters. The van der Waals surface area contributed by atoms with Gasteiger partial charge in [0, 0.05) is 17.7 Å². The minimum absolute atomic E-state index is 0.220. The van der Waals surface area contributed by atoms with Crippen LogP contribution in [0, 0.1) is 0 Å². The lowest BCUT2D eigenvalue weighted by molar-refractivity contribution is 0.0706. The van der Waals surface area contributed by atoms with Gasteiger partial charge in [0.15, 0.2) is 5.75 Å². The monoisotopic (exact) mass is 419 g/mol. The summed E-state index contributed by atoms with van der Waals surface area (Å²) >= 11 is 0. The highest BCUT2D eigenvalue weighted by molar-refractivity contribution is 5.93. The Morgan fingerprint density at radius 1 is 1.10 bits per heavy atom. The molecular formula is C24H25N3O4. The molecule has 0 fully saturated rings. The summed E-state index contributed by atoms with van der Waals surface area (Å²) in [5.41, 5.74) is 4.78. The van der Waals surface area contributed by atoms with Crippen molar-refractivity contribution in [1.29, 1.82) is 0 Å². The van der Waals surface area contributed by atoms with Crippen molar-refractivity contribution < 1.29 is 19.5 Å². The minimum atomic E-state index is -0.550. The molecule has 3 aromatic carbocycles. The predicted molar refractivity (Wildman–Crippen MR) is 118 cm³/mol. The summed E-state index contributed by atoms with van der Waals surface area (Å²) in [4.78, 5) is 13.8. The Balaban J connectivity index is 1.71. The van der Waals surface area contributed by atoms with Crippen LogP contribution in [0.4, 0.5) is 5.69 Å². The molecule has 1 aliphatic rings. The quantitative estimate of drug-likeness (QED) is 0.413. The zero-order chi connectivity index (χ0) is 21.8. The van der Waals surface area contributed by atoms with Crippen LogP contribution in [0.5, 0.6) is 17.2 Å². The molecule has 0 spiro atoms. The maximum Gasteiger partial charge on any atom is 0.274 e. The zero-order valence-electron chi connectivity index (χ0n) is 17.5. The lowest BCUT2D eigenvalue weighted by atomic mass is 9.96. The van der Waals surface area contributed by atoms with Crippen molar-refractivity contribution >= 4 is 11.6 Å². The number of hydroxylamine groups is 1. The minimum Gasteiger partial charge on any atom is -0.492 e. The summed E-state index contributed by atoms with van der Waals surface area (Å²) < 4.78 is 12.2. The van der Waals surface area contributed by atoms with Crippen molar-refractivity contribution in [1.82, 2.24) is 10.4 Å². The van der Waals surface area contributed by atoms with Gasteiger partial charge in [0.1, 0.15) is 18.1 Å². The maximum absolute atomic E-state index is 11.7. The number of para-hydroxylation sites is 2. The number of ether oxygens (including phenoxy) is 2. The van der Waals surface area contributed by atoms with Crippen LogP contribution in [0.2, 0.25) is 0 Å². The smallest absolute Gasteiger partial charge is 0.274 e. The molecule has 0 bridgehead atoms. The molecule has 4 rings (SSSR count). The molecule has 160 valence electrons. The first kappa shape index (κ1) is 20.7. The first-order valence-electron chi connectivity index (χ1n) is 10.0. The van der Waals surface area contributed by atoms with E-state index < -0.39 is 5.91 Å². The standard InChI is InChI=1S/C24H25N3O4/c1-27(2)13-14-30-18-11-12-21-19(15-18)23(25-20-5-3-4-6-22(20)31-21)16-7-9-17(10-8-16)24(28)26-29/h3-12,15,23,25,29H,13-14H2,1-2H3,(H,26,28). The number of hydrogen-bond acceptors (Lipinski definition) is 6. The van der Waals surface area contributed by atoms with E-state index in [0.717, 1.165) is 40.6 Å². The van der Waals surface area contributed by atoms with Gasteiger partial charge < -0.3 is 19.7 Å². The zero-order valence-corrected chi connectivity index (χ0v) is 17.5. The van der Waals surface area contributed by atoms with Crippen LogP contribution in [-0.2, 0) is 0 Å². The van der Waals surface area contributed by atoms with Crippen molar-refractivity contribution in [3.05, 3.63) is 83.4 Å². The summed E-state index contributed by atoms with van der Waals surface area (Å²) in [5, 5.41) is 12.4. The van der Waals surface area contributed by atoms with E-state index in [1.54, 1.807) is 17.6 Å². The summed E-state index contributed by atoms with van der Waals surface area (Å²) in [7, 11) is 4.01. The molecule has 1 amide bonds. The summed E-state index contributed by atoms with van der Waals surface area (Å²) in [6.07, 6.45) is 0. The molecule has 1 aliphatic heterocycles. The Morgan fingerprint density at radius 3 is 2.61 bits per heavy atom. The van der Waals surface area contributed by atoms with Gasteiger partial charge in [0.2, 0.25) is 0 Å². The normalized spacial score (nSPS) is 14.5.